The van der Waals surface area contributed by atoms with Crippen molar-refractivity contribution in [2.75, 3.05) is 106 Å². The summed E-state index contributed by atoms with van der Waals surface area (Å²) in [5.41, 5.74) is 6.70. The van der Waals surface area contributed by atoms with Crippen LogP contribution in [0.5, 0.6) is 11.5 Å². The molecule has 0 aromatic heterocycles. The quantitative estimate of drug-likeness (QED) is 0.109. The van der Waals surface area contributed by atoms with E-state index in [0.717, 1.165) is 32.3 Å². The summed E-state index contributed by atoms with van der Waals surface area (Å²) in [7, 11) is 2.43. The van der Waals surface area contributed by atoms with Crippen molar-refractivity contribution in [2.24, 2.45) is 10.7 Å². The molecule has 0 aliphatic carbocycles. The number of rotatable bonds is 6. The van der Waals surface area contributed by atoms with Gasteiger partial charge in [-0.3, -0.25) is 20.0 Å². The molecule has 5 aromatic carbocycles. The third-order valence-corrected chi connectivity index (χ3v) is 9.43. The van der Waals surface area contributed by atoms with Crippen molar-refractivity contribution in [2.45, 2.75) is 0 Å². The highest BCUT2D eigenvalue weighted by atomic mass is 16.6. The molecule has 15 heteroatoms. The van der Waals surface area contributed by atoms with Gasteiger partial charge in [0.25, 0.3) is 5.91 Å². The smallest absolute Gasteiger partial charge is 0.338 e. The zero-order valence-corrected chi connectivity index (χ0v) is 32.2. The number of amides is 1. The minimum Gasteiger partial charge on any atom is -0.487 e. The fourth-order valence-electron chi connectivity index (χ4n) is 6.60. The Morgan fingerprint density at radius 2 is 1.14 bits per heavy atom. The molecular weight excluding hydrogens is 736 g/mol. The van der Waals surface area contributed by atoms with Crippen LogP contribution in [-0.4, -0.2) is 135 Å². The van der Waals surface area contributed by atoms with E-state index in [-0.39, 0.29) is 60.9 Å². The Kier molecular flexibility index (Phi) is 14.8. The molecule has 0 saturated heterocycles. The zero-order valence-electron chi connectivity index (χ0n) is 32.2. The first-order chi connectivity index (χ1) is 27.9. The van der Waals surface area contributed by atoms with E-state index < -0.39 is 11.9 Å². The average molecular weight is 785 g/mol. The fourth-order valence-corrected chi connectivity index (χ4v) is 6.60. The molecule has 1 heterocycles. The van der Waals surface area contributed by atoms with Gasteiger partial charge >= 0.3 is 11.9 Å². The number of nitrogens with one attached hydrogen (secondary N) is 1. The summed E-state index contributed by atoms with van der Waals surface area (Å²) in [5, 5.41) is 9.15. The molecule has 6 rings (SSSR count). The van der Waals surface area contributed by atoms with Crippen molar-refractivity contribution in [3.8, 4) is 11.5 Å². The standard InChI is InChI=1S/C42H48N4O11/c1-50-40(48)33-26-35-36(27-34(33)41(49)51-2)57-25-23-55-21-19-53-17-15-46(14-16-52-18-20-54-22-24-56-35)13-12-44-42(43)45-39(47)32-11-9-30-7-6-28-4-3-5-29-8-10-31(32)38(30)37(28)29/h3-11,26-27H,12-25H2,1-2H3,(H3,43,44,45,47). The second kappa shape index (κ2) is 20.5. The van der Waals surface area contributed by atoms with Crippen molar-refractivity contribution in [3.05, 3.63) is 83.4 Å². The van der Waals surface area contributed by atoms with Gasteiger partial charge in [-0.2, -0.15) is 0 Å². The molecule has 302 valence electrons. The van der Waals surface area contributed by atoms with Gasteiger partial charge in [-0.25, -0.2) is 9.59 Å². The molecule has 57 heavy (non-hydrogen) atoms. The van der Waals surface area contributed by atoms with Crippen LogP contribution in [0.3, 0.4) is 0 Å². The maximum atomic E-state index is 13.4. The van der Waals surface area contributed by atoms with Crippen LogP contribution < -0.4 is 20.5 Å². The summed E-state index contributed by atoms with van der Waals surface area (Å²) in [4.78, 5) is 44.9. The molecule has 0 saturated carbocycles. The molecule has 15 nitrogen and oxygen atoms in total. The summed E-state index contributed by atoms with van der Waals surface area (Å²) in [6.45, 7) is 5.11. The lowest BCUT2D eigenvalue weighted by Gasteiger charge is -2.21. The van der Waals surface area contributed by atoms with Gasteiger partial charge in [0.05, 0.1) is 84.7 Å². The molecule has 0 atom stereocenters. The predicted octanol–water partition coefficient (Wildman–Crippen LogP) is 4.04. The third kappa shape index (κ3) is 10.6. The molecule has 1 aliphatic rings. The highest BCUT2D eigenvalue weighted by Crippen LogP contribution is 2.36. The maximum absolute atomic E-state index is 13.4. The van der Waals surface area contributed by atoms with E-state index in [1.807, 2.05) is 30.3 Å². The van der Waals surface area contributed by atoms with Crippen LogP contribution in [0.25, 0.3) is 32.3 Å². The van der Waals surface area contributed by atoms with E-state index in [1.54, 1.807) is 0 Å². The van der Waals surface area contributed by atoms with Crippen molar-refractivity contribution in [3.63, 3.8) is 0 Å². The molecule has 0 fully saturated rings. The van der Waals surface area contributed by atoms with E-state index in [9.17, 15) is 14.4 Å². The van der Waals surface area contributed by atoms with Crippen LogP contribution >= 0.6 is 0 Å². The van der Waals surface area contributed by atoms with E-state index in [4.69, 9.17) is 43.6 Å². The molecule has 5 aromatic rings. The van der Waals surface area contributed by atoms with Crippen LogP contribution in [0.4, 0.5) is 0 Å². The van der Waals surface area contributed by atoms with Crippen molar-refractivity contribution in [1.82, 2.24) is 10.2 Å². The molecule has 1 amide bonds. The van der Waals surface area contributed by atoms with E-state index in [0.29, 0.717) is 71.4 Å². The summed E-state index contributed by atoms with van der Waals surface area (Å²) in [6.07, 6.45) is 0. The summed E-state index contributed by atoms with van der Waals surface area (Å²) >= 11 is 0. The van der Waals surface area contributed by atoms with Crippen molar-refractivity contribution >= 4 is 56.1 Å². The Hall–Kier alpha value is -5.58. The molecule has 1 aliphatic heterocycles. The second-order valence-electron chi connectivity index (χ2n) is 13.0. The summed E-state index contributed by atoms with van der Waals surface area (Å²) in [5.74, 6) is -1.26. The lowest BCUT2D eigenvalue weighted by molar-refractivity contribution is 0.0189. The van der Waals surface area contributed by atoms with Crippen LogP contribution in [0.1, 0.15) is 31.1 Å². The Balaban J connectivity index is 1.01. The van der Waals surface area contributed by atoms with Crippen LogP contribution in [0, 0.1) is 0 Å². The number of hydrogen-bond acceptors (Lipinski definition) is 13. The number of methoxy groups -OCH3 is 2. The van der Waals surface area contributed by atoms with E-state index in [1.165, 1.54) is 26.4 Å². The summed E-state index contributed by atoms with van der Waals surface area (Å²) < 4.78 is 44.5. The molecule has 0 radical (unpaired) electrons. The zero-order chi connectivity index (χ0) is 40.0. The van der Waals surface area contributed by atoms with Gasteiger partial charge in [0, 0.05) is 25.2 Å². The normalized spacial score (nSPS) is 16.2. The Labute approximate surface area is 330 Å². The van der Waals surface area contributed by atoms with Crippen LogP contribution in [0.15, 0.2) is 71.7 Å². The number of benzene rings is 5. The van der Waals surface area contributed by atoms with Gasteiger partial charge in [0.15, 0.2) is 17.5 Å². The molecule has 3 N–H and O–H groups in total. The minimum atomic E-state index is -0.725. The van der Waals surface area contributed by atoms with Crippen LogP contribution in [-0.2, 0) is 28.4 Å². The largest absolute Gasteiger partial charge is 0.487 e. The number of nitrogens with zero attached hydrogens (tertiary/aromatic N) is 2. The SMILES string of the molecule is COC(=O)c1cc2c(cc1C(=O)OC)OCCOCCOCCN(CCN=C(N)NC(=O)c1ccc3ccc4cccc5ccc1c3c45)CCOCCOCCO2. The van der Waals surface area contributed by atoms with E-state index >= 15 is 0 Å². The molecule has 0 spiro atoms. The number of esters is 2. The number of fused-ring (bicyclic) bond motifs is 1. The number of hydrogen-bond donors (Lipinski definition) is 2. The number of ether oxygens (including phenoxy) is 8. The first-order valence-corrected chi connectivity index (χ1v) is 18.8. The van der Waals surface area contributed by atoms with Gasteiger partial charge in [0.1, 0.15) is 13.2 Å². The monoisotopic (exact) mass is 784 g/mol. The number of carbonyl (C=O) groups excluding carboxylic acids is 3. The lowest BCUT2D eigenvalue weighted by atomic mass is 9.92. The number of nitrogens with two attached hydrogens (primary N) is 1. The predicted molar refractivity (Wildman–Crippen MR) is 214 cm³/mol. The Bertz CT molecular complexity index is 2100. The maximum Gasteiger partial charge on any atom is 0.338 e. The Morgan fingerprint density at radius 3 is 1.70 bits per heavy atom. The minimum absolute atomic E-state index is 0.0213. The van der Waals surface area contributed by atoms with Gasteiger partial charge in [-0.1, -0.05) is 48.5 Å². The average Bonchev–Trinajstić information content (AvgIpc) is 3.23. The fraction of sp³-hybridized carbons (Fsp3) is 0.381. The van der Waals surface area contributed by atoms with Gasteiger partial charge in [-0.15, -0.1) is 0 Å². The number of guanidine groups is 1. The first kappa shape index (κ1) is 41.1. The van der Waals surface area contributed by atoms with Crippen molar-refractivity contribution < 1.29 is 52.3 Å². The van der Waals surface area contributed by atoms with Gasteiger partial charge in [-0.05, 0) is 50.5 Å². The van der Waals surface area contributed by atoms with Gasteiger partial charge < -0.3 is 43.6 Å². The topological polar surface area (TPSA) is 179 Å². The molecule has 0 bridgehead atoms. The number of carbonyl (C=O) groups is 3. The lowest BCUT2D eigenvalue weighted by Crippen LogP contribution is -2.38. The number of aliphatic imine (C=N–C) groups is 1. The first-order valence-electron chi connectivity index (χ1n) is 18.8. The third-order valence-electron chi connectivity index (χ3n) is 9.43. The highest BCUT2D eigenvalue weighted by Gasteiger charge is 2.23. The molecular formula is C42H48N4O11. The van der Waals surface area contributed by atoms with Crippen molar-refractivity contribution in [1.29, 1.82) is 0 Å². The van der Waals surface area contributed by atoms with E-state index in [2.05, 4.69) is 39.5 Å². The highest BCUT2D eigenvalue weighted by molar-refractivity contribution is 6.27. The van der Waals surface area contributed by atoms with Crippen LogP contribution in [0.2, 0.25) is 0 Å². The Morgan fingerprint density at radius 1 is 0.649 bits per heavy atom. The van der Waals surface area contributed by atoms with Gasteiger partial charge in [0.2, 0.25) is 0 Å². The second-order valence-corrected chi connectivity index (χ2v) is 13.0. The molecule has 0 unspecified atom stereocenters. The summed E-state index contributed by atoms with van der Waals surface area (Å²) in [6, 6.07) is 21.0.